The fourth-order valence-electron chi connectivity index (χ4n) is 2.21. The van der Waals surface area contributed by atoms with Gasteiger partial charge in [0.2, 0.25) is 11.7 Å². The number of ether oxygens (including phenoxy) is 3. The van der Waals surface area contributed by atoms with E-state index in [1.165, 1.54) is 21.3 Å². The van der Waals surface area contributed by atoms with Crippen LogP contribution in [0.1, 0.15) is 25.3 Å². The number of carboxylic acid groups (broad SMARTS) is 1. The minimum Gasteiger partial charge on any atom is -0.493 e. The van der Waals surface area contributed by atoms with Gasteiger partial charge in [0.05, 0.1) is 27.8 Å². The van der Waals surface area contributed by atoms with Crippen LogP contribution in [0.2, 0.25) is 0 Å². The Morgan fingerprint density at radius 1 is 1.13 bits per heavy atom. The molecule has 0 radical (unpaired) electrons. The first-order chi connectivity index (χ1) is 11.0. The lowest BCUT2D eigenvalue weighted by atomic mass is 10.1. The molecule has 0 saturated carbocycles. The van der Waals surface area contributed by atoms with E-state index in [9.17, 15) is 9.59 Å². The summed E-state index contributed by atoms with van der Waals surface area (Å²) in [6.45, 7) is 1.86. The largest absolute Gasteiger partial charge is 0.493 e. The van der Waals surface area contributed by atoms with Crippen LogP contribution >= 0.6 is 0 Å². The summed E-state index contributed by atoms with van der Waals surface area (Å²) in [5.41, 5.74) is 0.637. The summed E-state index contributed by atoms with van der Waals surface area (Å²) in [4.78, 5) is 23.2. The average Bonchev–Trinajstić information content (AvgIpc) is 2.53. The topological polar surface area (TPSA) is 94.1 Å². The van der Waals surface area contributed by atoms with Gasteiger partial charge in [-0.15, -0.1) is 0 Å². The van der Waals surface area contributed by atoms with Crippen LogP contribution in [0.25, 0.3) is 0 Å². The molecule has 0 aliphatic carbocycles. The Balaban J connectivity index is 2.91. The van der Waals surface area contributed by atoms with Crippen LogP contribution in [-0.4, -0.2) is 44.4 Å². The Bertz CT molecular complexity index is 532. The first kappa shape index (κ1) is 18.6. The van der Waals surface area contributed by atoms with Gasteiger partial charge in [0, 0.05) is 0 Å². The lowest BCUT2D eigenvalue weighted by Crippen LogP contribution is -2.41. The Kier molecular flexibility index (Phi) is 7.18. The predicted octanol–water partition coefficient (Wildman–Crippen LogP) is 1.62. The number of carbonyl (C=O) groups is 2. The number of methoxy groups -OCH3 is 3. The number of nitrogens with one attached hydrogen (secondary N) is 1. The zero-order valence-electron chi connectivity index (χ0n) is 13.8. The Morgan fingerprint density at radius 2 is 1.70 bits per heavy atom. The van der Waals surface area contributed by atoms with Crippen molar-refractivity contribution in [1.82, 2.24) is 5.32 Å². The molecule has 2 N–H and O–H groups in total. The van der Waals surface area contributed by atoms with Gasteiger partial charge in [0.1, 0.15) is 6.04 Å². The summed E-state index contributed by atoms with van der Waals surface area (Å²) in [5, 5.41) is 11.6. The summed E-state index contributed by atoms with van der Waals surface area (Å²) in [6.07, 6.45) is 1.07. The summed E-state index contributed by atoms with van der Waals surface area (Å²) in [5.74, 6) is -0.0882. The van der Waals surface area contributed by atoms with Crippen molar-refractivity contribution < 1.29 is 28.9 Å². The maximum Gasteiger partial charge on any atom is 0.326 e. The van der Waals surface area contributed by atoms with E-state index in [2.05, 4.69) is 5.32 Å². The van der Waals surface area contributed by atoms with E-state index in [0.29, 0.717) is 35.7 Å². The summed E-state index contributed by atoms with van der Waals surface area (Å²) >= 11 is 0. The molecule has 1 aromatic rings. The molecule has 0 bridgehead atoms. The molecule has 7 nitrogen and oxygen atoms in total. The third-order valence-electron chi connectivity index (χ3n) is 3.30. The molecule has 0 aliphatic rings. The lowest BCUT2D eigenvalue weighted by molar-refractivity contribution is -0.141. The van der Waals surface area contributed by atoms with Crippen LogP contribution in [-0.2, 0) is 16.0 Å². The first-order valence-corrected chi connectivity index (χ1v) is 7.27. The van der Waals surface area contributed by atoms with E-state index >= 15 is 0 Å². The fraction of sp³-hybridized carbons (Fsp3) is 0.500. The minimum absolute atomic E-state index is 0.0181. The summed E-state index contributed by atoms with van der Waals surface area (Å²) in [7, 11) is 4.47. The average molecular weight is 325 g/mol. The zero-order valence-corrected chi connectivity index (χ0v) is 13.8. The Morgan fingerprint density at radius 3 is 2.09 bits per heavy atom. The van der Waals surface area contributed by atoms with Crippen LogP contribution in [0.3, 0.4) is 0 Å². The molecule has 1 unspecified atom stereocenters. The molecule has 23 heavy (non-hydrogen) atoms. The highest BCUT2D eigenvalue weighted by molar-refractivity contribution is 5.85. The second-order valence-electron chi connectivity index (χ2n) is 4.96. The predicted molar refractivity (Wildman–Crippen MR) is 84.3 cm³/mol. The third kappa shape index (κ3) is 5.05. The van der Waals surface area contributed by atoms with E-state index in [0.717, 1.165) is 0 Å². The van der Waals surface area contributed by atoms with Gasteiger partial charge in [0.25, 0.3) is 0 Å². The highest BCUT2D eigenvalue weighted by atomic mass is 16.5. The van der Waals surface area contributed by atoms with Gasteiger partial charge in [-0.1, -0.05) is 13.3 Å². The van der Waals surface area contributed by atoms with Gasteiger partial charge in [-0.3, -0.25) is 4.79 Å². The third-order valence-corrected chi connectivity index (χ3v) is 3.30. The molecule has 128 valence electrons. The van der Waals surface area contributed by atoms with Crippen molar-refractivity contribution in [2.24, 2.45) is 0 Å². The molecule has 1 aromatic carbocycles. The summed E-state index contributed by atoms with van der Waals surface area (Å²) < 4.78 is 15.7. The van der Waals surface area contributed by atoms with Crippen molar-refractivity contribution in [3.63, 3.8) is 0 Å². The molecule has 1 rings (SSSR count). The number of aliphatic carboxylic acids is 1. The number of hydrogen-bond acceptors (Lipinski definition) is 5. The number of carboxylic acids is 1. The Hall–Kier alpha value is -2.44. The number of benzene rings is 1. The SMILES string of the molecule is CCCC(NC(=O)Cc1cc(OC)c(OC)c(OC)c1)C(=O)O. The van der Waals surface area contributed by atoms with Gasteiger partial charge in [-0.05, 0) is 24.1 Å². The van der Waals surface area contributed by atoms with Crippen molar-refractivity contribution >= 4 is 11.9 Å². The van der Waals surface area contributed by atoms with E-state index < -0.39 is 12.0 Å². The minimum atomic E-state index is -1.04. The molecule has 0 saturated heterocycles. The van der Waals surface area contributed by atoms with Crippen LogP contribution < -0.4 is 19.5 Å². The molecule has 1 amide bonds. The van der Waals surface area contributed by atoms with Crippen LogP contribution in [0.5, 0.6) is 17.2 Å². The molecule has 0 aromatic heterocycles. The van der Waals surface area contributed by atoms with Gasteiger partial charge in [-0.2, -0.15) is 0 Å². The van der Waals surface area contributed by atoms with Crippen molar-refractivity contribution in [3.8, 4) is 17.2 Å². The summed E-state index contributed by atoms with van der Waals surface area (Å²) in [6, 6.07) is 2.45. The number of hydrogen-bond donors (Lipinski definition) is 2. The normalized spacial score (nSPS) is 11.5. The Labute approximate surface area is 135 Å². The molecule has 0 heterocycles. The van der Waals surface area contributed by atoms with Crippen molar-refractivity contribution in [2.75, 3.05) is 21.3 Å². The van der Waals surface area contributed by atoms with Crippen molar-refractivity contribution in [2.45, 2.75) is 32.2 Å². The number of amides is 1. The van der Waals surface area contributed by atoms with Gasteiger partial charge in [0.15, 0.2) is 11.5 Å². The molecular formula is C16H23NO6. The smallest absolute Gasteiger partial charge is 0.326 e. The van der Waals surface area contributed by atoms with Crippen LogP contribution in [0, 0.1) is 0 Å². The van der Waals surface area contributed by atoms with Crippen LogP contribution in [0.4, 0.5) is 0 Å². The monoisotopic (exact) mass is 325 g/mol. The lowest BCUT2D eigenvalue weighted by Gasteiger charge is -2.16. The highest BCUT2D eigenvalue weighted by Gasteiger charge is 2.20. The fourth-order valence-corrected chi connectivity index (χ4v) is 2.21. The molecule has 0 fully saturated rings. The van der Waals surface area contributed by atoms with E-state index in [4.69, 9.17) is 19.3 Å². The maximum absolute atomic E-state index is 12.1. The molecular weight excluding hydrogens is 302 g/mol. The number of rotatable bonds is 9. The zero-order chi connectivity index (χ0) is 17.4. The van der Waals surface area contributed by atoms with E-state index in [1.807, 2.05) is 6.92 Å². The van der Waals surface area contributed by atoms with Crippen molar-refractivity contribution in [1.29, 1.82) is 0 Å². The second-order valence-corrected chi connectivity index (χ2v) is 4.96. The first-order valence-electron chi connectivity index (χ1n) is 7.27. The highest BCUT2D eigenvalue weighted by Crippen LogP contribution is 2.38. The van der Waals surface area contributed by atoms with Gasteiger partial charge in [-0.25, -0.2) is 4.79 Å². The van der Waals surface area contributed by atoms with E-state index in [-0.39, 0.29) is 12.3 Å². The molecule has 0 aliphatic heterocycles. The number of carbonyl (C=O) groups excluding carboxylic acids is 1. The van der Waals surface area contributed by atoms with Crippen molar-refractivity contribution in [3.05, 3.63) is 17.7 Å². The second kappa shape index (κ2) is 8.87. The van der Waals surface area contributed by atoms with E-state index in [1.54, 1.807) is 12.1 Å². The molecule has 0 spiro atoms. The van der Waals surface area contributed by atoms with Gasteiger partial charge >= 0.3 is 5.97 Å². The quantitative estimate of drug-likeness (QED) is 0.716. The molecule has 1 atom stereocenters. The molecule has 7 heteroatoms. The van der Waals surface area contributed by atoms with Crippen LogP contribution in [0.15, 0.2) is 12.1 Å². The van der Waals surface area contributed by atoms with Gasteiger partial charge < -0.3 is 24.6 Å². The standard InChI is InChI=1S/C16H23NO6/c1-5-6-11(16(19)20)17-14(18)9-10-7-12(21-2)15(23-4)13(8-10)22-3/h7-8,11H,5-6,9H2,1-4H3,(H,17,18)(H,19,20). The maximum atomic E-state index is 12.1.